The van der Waals surface area contributed by atoms with E-state index in [0.29, 0.717) is 0 Å². The van der Waals surface area contributed by atoms with Gasteiger partial charge in [-0.05, 0) is 36.1 Å². The fourth-order valence-electron chi connectivity index (χ4n) is 2.52. The van der Waals surface area contributed by atoms with Crippen molar-refractivity contribution in [1.29, 1.82) is 0 Å². The molecule has 0 spiro atoms. The van der Waals surface area contributed by atoms with Crippen LogP contribution >= 0.6 is 0 Å². The summed E-state index contributed by atoms with van der Waals surface area (Å²) in [5.41, 5.74) is 6.73. The minimum atomic E-state index is 0.986. The smallest absolute Gasteiger partial charge is 0.126 e. The maximum absolute atomic E-state index is 5.44. The second-order valence-corrected chi connectivity index (χ2v) is 4.33. The van der Waals surface area contributed by atoms with E-state index in [0.717, 1.165) is 12.2 Å². The maximum atomic E-state index is 5.44. The Morgan fingerprint density at radius 2 is 1.94 bits per heavy atom. The molecule has 0 atom stereocenters. The number of rotatable bonds is 1. The molecule has 0 aromatic heterocycles. The fourth-order valence-corrected chi connectivity index (χ4v) is 2.52. The molecule has 1 heteroatoms. The minimum Gasteiger partial charge on any atom is -0.496 e. The molecule has 1 aliphatic carbocycles. The average molecular weight is 210 g/mol. The Hall–Kier alpha value is -1.76. The Morgan fingerprint density at radius 1 is 1.06 bits per heavy atom. The Balaban J connectivity index is 2.27. The molecule has 0 radical (unpaired) electrons. The Labute approximate surface area is 95.7 Å². The second kappa shape index (κ2) is 3.38. The number of ether oxygens (including phenoxy) is 1. The average Bonchev–Trinajstić information content (AvgIpc) is 2.65. The molecule has 16 heavy (non-hydrogen) atoms. The van der Waals surface area contributed by atoms with Crippen molar-refractivity contribution in [2.45, 2.75) is 13.3 Å². The Morgan fingerprint density at radius 3 is 2.75 bits per heavy atom. The van der Waals surface area contributed by atoms with Crippen LogP contribution in [0.2, 0.25) is 0 Å². The molecule has 0 unspecified atom stereocenters. The molecule has 80 valence electrons. The van der Waals surface area contributed by atoms with Crippen LogP contribution in [-0.2, 0) is 6.42 Å². The lowest BCUT2D eigenvalue weighted by molar-refractivity contribution is 0.416. The van der Waals surface area contributed by atoms with Gasteiger partial charge < -0.3 is 4.74 Å². The van der Waals surface area contributed by atoms with Gasteiger partial charge in [0.25, 0.3) is 0 Å². The molecule has 0 bridgehead atoms. The van der Waals surface area contributed by atoms with Gasteiger partial charge in [-0.1, -0.05) is 35.9 Å². The van der Waals surface area contributed by atoms with Crippen molar-refractivity contribution in [3.63, 3.8) is 0 Å². The number of hydrogen-bond acceptors (Lipinski definition) is 1. The van der Waals surface area contributed by atoms with E-state index >= 15 is 0 Å². The summed E-state index contributed by atoms with van der Waals surface area (Å²) in [5, 5.41) is 0. The summed E-state index contributed by atoms with van der Waals surface area (Å²) in [6, 6.07) is 12.9. The molecule has 0 amide bonds. The highest BCUT2D eigenvalue weighted by atomic mass is 16.5. The van der Waals surface area contributed by atoms with Crippen molar-refractivity contribution >= 4 is 0 Å². The predicted molar refractivity (Wildman–Crippen MR) is 66.0 cm³/mol. The summed E-state index contributed by atoms with van der Waals surface area (Å²) in [5.74, 6) is 0.986. The molecular formula is C15H14O. The van der Waals surface area contributed by atoms with Crippen molar-refractivity contribution in [2.75, 3.05) is 7.11 Å². The van der Waals surface area contributed by atoms with Crippen LogP contribution in [0.1, 0.15) is 16.7 Å². The molecular weight excluding hydrogens is 196 g/mol. The summed E-state index contributed by atoms with van der Waals surface area (Å²) in [6.07, 6.45) is 1.03. The molecule has 2 aromatic rings. The van der Waals surface area contributed by atoms with E-state index in [9.17, 15) is 0 Å². The van der Waals surface area contributed by atoms with Gasteiger partial charge in [0, 0.05) is 5.56 Å². The lowest BCUT2D eigenvalue weighted by Gasteiger charge is -2.07. The fraction of sp³-hybridized carbons (Fsp3) is 0.200. The van der Waals surface area contributed by atoms with E-state index in [-0.39, 0.29) is 0 Å². The van der Waals surface area contributed by atoms with Crippen LogP contribution in [0.3, 0.4) is 0 Å². The normalized spacial score (nSPS) is 12.1. The largest absolute Gasteiger partial charge is 0.496 e. The topological polar surface area (TPSA) is 9.23 Å². The second-order valence-electron chi connectivity index (χ2n) is 4.33. The van der Waals surface area contributed by atoms with Crippen LogP contribution in [0.5, 0.6) is 5.75 Å². The van der Waals surface area contributed by atoms with Crippen molar-refractivity contribution < 1.29 is 4.74 Å². The quantitative estimate of drug-likeness (QED) is 0.596. The molecule has 3 rings (SSSR count). The number of fused-ring (bicyclic) bond motifs is 3. The zero-order valence-corrected chi connectivity index (χ0v) is 9.58. The van der Waals surface area contributed by atoms with Gasteiger partial charge in [-0.3, -0.25) is 0 Å². The van der Waals surface area contributed by atoms with E-state index in [4.69, 9.17) is 4.74 Å². The van der Waals surface area contributed by atoms with Gasteiger partial charge in [0.05, 0.1) is 7.11 Å². The van der Waals surface area contributed by atoms with Crippen LogP contribution in [0.4, 0.5) is 0 Å². The van der Waals surface area contributed by atoms with Crippen LogP contribution in [-0.4, -0.2) is 7.11 Å². The van der Waals surface area contributed by atoms with Crippen molar-refractivity contribution in [2.24, 2.45) is 0 Å². The first-order valence-electron chi connectivity index (χ1n) is 5.55. The van der Waals surface area contributed by atoms with E-state index in [2.05, 4.69) is 37.3 Å². The molecule has 0 heterocycles. The summed E-state index contributed by atoms with van der Waals surface area (Å²) >= 11 is 0. The monoisotopic (exact) mass is 210 g/mol. The summed E-state index contributed by atoms with van der Waals surface area (Å²) in [4.78, 5) is 0. The molecule has 0 saturated carbocycles. The first kappa shape index (κ1) is 9.46. The van der Waals surface area contributed by atoms with Crippen LogP contribution in [0.15, 0.2) is 36.4 Å². The highest BCUT2D eigenvalue weighted by molar-refractivity contribution is 5.81. The standard InChI is InChI=1S/C15H14O/c1-10-6-7-13-12(8-10)9-11-4-3-5-14(16-2)15(11)13/h3-8H,9H2,1-2H3. The zero-order chi connectivity index (χ0) is 11.1. The third-order valence-electron chi connectivity index (χ3n) is 3.24. The zero-order valence-electron chi connectivity index (χ0n) is 9.58. The predicted octanol–water partition coefficient (Wildman–Crippen LogP) is 3.57. The summed E-state index contributed by atoms with van der Waals surface area (Å²) < 4.78 is 5.44. The molecule has 1 nitrogen and oxygen atoms in total. The van der Waals surface area contributed by atoms with E-state index in [1.165, 1.54) is 27.8 Å². The number of aryl methyl sites for hydroxylation is 1. The number of methoxy groups -OCH3 is 1. The number of hydrogen-bond donors (Lipinski definition) is 0. The summed E-state index contributed by atoms with van der Waals surface area (Å²) in [6.45, 7) is 2.14. The Kier molecular flexibility index (Phi) is 2.00. The maximum Gasteiger partial charge on any atom is 0.126 e. The SMILES string of the molecule is COc1cccc2c1-c1ccc(C)cc1C2. The van der Waals surface area contributed by atoms with Gasteiger partial charge in [0.1, 0.15) is 5.75 Å². The highest BCUT2D eigenvalue weighted by Crippen LogP contribution is 2.42. The first-order valence-corrected chi connectivity index (χ1v) is 5.55. The first-order chi connectivity index (χ1) is 7.79. The van der Waals surface area contributed by atoms with Crippen molar-refractivity contribution in [3.05, 3.63) is 53.1 Å². The van der Waals surface area contributed by atoms with Crippen molar-refractivity contribution in [1.82, 2.24) is 0 Å². The number of benzene rings is 2. The minimum absolute atomic E-state index is 0.986. The van der Waals surface area contributed by atoms with E-state index in [1.807, 2.05) is 6.07 Å². The van der Waals surface area contributed by atoms with Gasteiger partial charge in [0.15, 0.2) is 0 Å². The van der Waals surface area contributed by atoms with Crippen molar-refractivity contribution in [3.8, 4) is 16.9 Å². The molecule has 0 aliphatic heterocycles. The molecule has 0 N–H and O–H groups in total. The summed E-state index contributed by atoms with van der Waals surface area (Å²) in [7, 11) is 1.74. The molecule has 0 fully saturated rings. The molecule has 1 aliphatic rings. The van der Waals surface area contributed by atoms with Gasteiger partial charge >= 0.3 is 0 Å². The Bertz CT molecular complexity index is 555. The van der Waals surface area contributed by atoms with Crippen LogP contribution < -0.4 is 4.74 Å². The van der Waals surface area contributed by atoms with Gasteiger partial charge in [-0.15, -0.1) is 0 Å². The van der Waals surface area contributed by atoms with Gasteiger partial charge in [-0.2, -0.15) is 0 Å². The lowest BCUT2D eigenvalue weighted by Crippen LogP contribution is -1.87. The van der Waals surface area contributed by atoms with Crippen LogP contribution in [0, 0.1) is 6.92 Å². The van der Waals surface area contributed by atoms with E-state index < -0.39 is 0 Å². The third kappa shape index (κ3) is 1.25. The molecule has 0 saturated heterocycles. The van der Waals surface area contributed by atoms with E-state index in [1.54, 1.807) is 7.11 Å². The third-order valence-corrected chi connectivity index (χ3v) is 3.24. The van der Waals surface area contributed by atoms with Gasteiger partial charge in [0.2, 0.25) is 0 Å². The lowest BCUT2D eigenvalue weighted by atomic mass is 10.0. The molecule has 2 aromatic carbocycles. The van der Waals surface area contributed by atoms with Gasteiger partial charge in [-0.25, -0.2) is 0 Å². The van der Waals surface area contributed by atoms with Crippen LogP contribution in [0.25, 0.3) is 11.1 Å². The highest BCUT2D eigenvalue weighted by Gasteiger charge is 2.21.